The summed E-state index contributed by atoms with van der Waals surface area (Å²) in [6.07, 6.45) is 0.906. The van der Waals surface area contributed by atoms with Crippen molar-refractivity contribution in [3.8, 4) is 0 Å². The van der Waals surface area contributed by atoms with Gasteiger partial charge in [-0.2, -0.15) is 0 Å². The van der Waals surface area contributed by atoms with Gasteiger partial charge in [-0.15, -0.1) is 0 Å². The van der Waals surface area contributed by atoms with Crippen LogP contribution in [0, 0.1) is 6.92 Å². The number of likely N-dealkylation sites (tertiary alicyclic amines) is 1. The summed E-state index contributed by atoms with van der Waals surface area (Å²) in [6, 6.07) is 13.0. The number of carbonyl (C=O) groups is 1. The summed E-state index contributed by atoms with van der Waals surface area (Å²) in [7, 11) is 1.87. The van der Waals surface area contributed by atoms with Crippen molar-refractivity contribution in [2.45, 2.75) is 39.5 Å². The molecule has 3 rings (SSSR count). The number of benzene rings is 2. The Morgan fingerprint density at radius 1 is 1.11 bits per heavy atom. The summed E-state index contributed by atoms with van der Waals surface area (Å²) in [5.74, 6) is -2.38. The summed E-state index contributed by atoms with van der Waals surface area (Å²) in [4.78, 5) is 12.6. The minimum absolute atomic E-state index is 0.0312. The van der Waals surface area contributed by atoms with Gasteiger partial charge in [-0.1, -0.05) is 31.5 Å². The quantitative estimate of drug-likeness (QED) is 0.580. The summed E-state index contributed by atoms with van der Waals surface area (Å²) >= 11 is 5.91. The predicted molar refractivity (Wildman–Crippen MR) is 114 cm³/mol. The molecule has 2 aromatic carbocycles. The maximum atomic E-state index is 12.4. The molecule has 154 valence electrons. The molecule has 0 amide bonds. The molecule has 0 unspecified atom stereocenters. The van der Waals surface area contributed by atoms with Crippen molar-refractivity contribution in [3.05, 3.63) is 58.6 Å². The molecule has 1 heterocycles. The molecule has 1 saturated heterocycles. The van der Waals surface area contributed by atoms with E-state index in [1.165, 1.54) is 0 Å². The van der Waals surface area contributed by atoms with Crippen LogP contribution < -0.4 is 5.32 Å². The molecule has 28 heavy (non-hydrogen) atoms. The second kappa shape index (κ2) is 11.8. The van der Waals surface area contributed by atoms with E-state index in [4.69, 9.17) is 11.6 Å². The molecule has 1 fully saturated rings. The summed E-state index contributed by atoms with van der Waals surface area (Å²) in [5.41, 5.74) is 3.60. The van der Waals surface area contributed by atoms with Crippen LogP contribution in [0.2, 0.25) is 5.02 Å². The van der Waals surface area contributed by atoms with Gasteiger partial charge in [0.05, 0.1) is 0 Å². The molecule has 0 aliphatic carbocycles. The van der Waals surface area contributed by atoms with E-state index in [9.17, 15) is 13.6 Å². The first kappa shape index (κ1) is 24.1. The first-order valence-electron chi connectivity index (χ1n) is 9.44. The third kappa shape index (κ3) is 8.36. The van der Waals surface area contributed by atoms with Crippen LogP contribution in [-0.2, 0) is 0 Å². The number of piperidine rings is 1. The number of alkyl halides is 2. The lowest BCUT2D eigenvalue weighted by Crippen LogP contribution is -2.36. The maximum absolute atomic E-state index is 12.4. The van der Waals surface area contributed by atoms with Gasteiger partial charge >= 0.3 is 0 Å². The van der Waals surface area contributed by atoms with E-state index in [2.05, 4.69) is 5.32 Å². The molecule has 1 aliphatic heterocycles. The van der Waals surface area contributed by atoms with Gasteiger partial charge in [-0.3, -0.25) is 4.79 Å². The highest BCUT2D eigenvalue weighted by molar-refractivity contribution is 6.30. The molecule has 3 nitrogen and oxygen atoms in total. The van der Waals surface area contributed by atoms with Crippen LogP contribution in [0.15, 0.2) is 42.5 Å². The van der Waals surface area contributed by atoms with Crippen molar-refractivity contribution in [3.63, 3.8) is 0 Å². The Morgan fingerprint density at radius 3 is 2.25 bits per heavy atom. The van der Waals surface area contributed by atoms with Crippen LogP contribution in [0.3, 0.4) is 0 Å². The van der Waals surface area contributed by atoms with E-state index < -0.39 is 5.92 Å². The summed E-state index contributed by atoms with van der Waals surface area (Å²) in [5, 5.41) is 3.96. The number of hydrogen-bond donors (Lipinski definition) is 1. The van der Waals surface area contributed by atoms with Gasteiger partial charge < -0.3 is 10.2 Å². The third-order valence-corrected chi connectivity index (χ3v) is 4.44. The second-order valence-corrected chi connectivity index (χ2v) is 6.92. The number of anilines is 2. The zero-order chi connectivity index (χ0) is 21.2. The molecule has 0 radical (unpaired) electrons. The first-order valence-corrected chi connectivity index (χ1v) is 9.82. The Morgan fingerprint density at radius 2 is 1.75 bits per heavy atom. The SMILES string of the molecule is CC.CN1CCC(F)(F)CC1.Cc1cc(C=O)ccc1Nc1cccc(Cl)c1. The molecule has 1 N–H and O–H groups in total. The van der Waals surface area contributed by atoms with Gasteiger partial charge in [0.25, 0.3) is 5.92 Å². The number of carbonyl (C=O) groups excluding carboxylic acids is 1. The molecule has 0 saturated carbocycles. The van der Waals surface area contributed by atoms with Crippen molar-refractivity contribution >= 4 is 29.3 Å². The van der Waals surface area contributed by atoms with Gasteiger partial charge in [-0.25, -0.2) is 8.78 Å². The van der Waals surface area contributed by atoms with Crippen molar-refractivity contribution < 1.29 is 13.6 Å². The van der Waals surface area contributed by atoms with Crippen LogP contribution in [0.25, 0.3) is 0 Å². The molecule has 6 heteroatoms. The minimum atomic E-state index is -2.38. The number of halogens is 3. The highest BCUT2D eigenvalue weighted by Gasteiger charge is 2.32. The van der Waals surface area contributed by atoms with E-state index >= 15 is 0 Å². The Labute approximate surface area is 171 Å². The largest absolute Gasteiger partial charge is 0.355 e. The number of hydrogen-bond acceptors (Lipinski definition) is 3. The fourth-order valence-electron chi connectivity index (χ4n) is 2.57. The predicted octanol–water partition coefficient (Wildman–Crippen LogP) is 6.58. The van der Waals surface area contributed by atoms with E-state index in [1.807, 2.05) is 69.1 Å². The Balaban J connectivity index is 0.000000301. The van der Waals surface area contributed by atoms with E-state index in [0.29, 0.717) is 23.7 Å². The average molecular weight is 411 g/mol. The Bertz CT molecular complexity index is 743. The Hall–Kier alpha value is -1.98. The van der Waals surface area contributed by atoms with E-state index in [1.54, 1.807) is 6.07 Å². The van der Waals surface area contributed by atoms with Gasteiger partial charge in [0, 0.05) is 47.9 Å². The molecule has 0 aromatic heterocycles. The fraction of sp³-hybridized carbons (Fsp3) is 0.409. The molecular formula is C22H29ClF2N2O. The van der Waals surface area contributed by atoms with E-state index in [0.717, 1.165) is 23.2 Å². The highest BCUT2D eigenvalue weighted by Crippen LogP contribution is 2.26. The highest BCUT2D eigenvalue weighted by atomic mass is 35.5. The fourth-order valence-corrected chi connectivity index (χ4v) is 2.76. The number of nitrogens with zero attached hydrogens (tertiary/aromatic N) is 1. The van der Waals surface area contributed by atoms with Crippen LogP contribution in [0.1, 0.15) is 42.6 Å². The van der Waals surface area contributed by atoms with Crippen LogP contribution in [0.5, 0.6) is 0 Å². The van der Waals surface area contributed by atoms with Gasteiger partial charge in [0.15, 0.2) is 0 Å². The van der Waals surface area contributed by atoms with Crippen LogP contribution >= 0.6 is 11.6 Å². The molecule has 0 atom stereocenters. The van der Waals surface area contributed by atoms with Crippen LogP contribution in [0.4, 0.5) is 20.2 Å². The standard InChI is InChI=1S/C14H12ClNO.C6H11F2N.C2H6/c1-10-7-11(9-17)5-6-14(10)16-13-4-2-3-12(15)8-13;1-9-4-2-6(7,8)3-5-9;1-2/h2-9,16H,1H3;2-5H2,1H3;1-2H3. The zero-order valence-electron chi connectivity index (χ0n) is 16.9. The third-order valence-electron chi connectivity index (χ3n) is 4.21. The normalized spacial score (nSPS) is 15.4. The van der Waals surface area contributed by atoms with Crippen molar-refractivity contribution in [1.82, 2.24) is 4.90 Å². The van der Waals surface area contributed by atoms with Gasteiger partial charge in [-0.05, 0) is 55.9 Å². The molecular weight excluding hydrogens is 382 g/mol. The van der Waals surface area contributed by atoms with Gasteiger partial charge in [0.1, 0.15) is 6.29 Å². The van der Waals surface area contributed by atoms with E-state index in [-0.39, 0.29) is 12.8 Å². The number of rotatable bonds is 3. The number of aldehydes is 1. The second-order valence-electron chi connectivity index (χ2n) is 6.49. The smallest absolute Gasteiger partial charge is 0.250 e. The van der Waals surface area contributed by atoms with Crippen molar-refractivity contribution in [1.29, 1.82) is 0 Å². The molecule has 0 spiro atoms. The first-order chi connectivity index (χ1) is 13.3. The molecule has 1 aliphatic rings. The number of aryl methyl sites for hydroxylation is 1. The summed E-state index contributed by atoms with van der Waals surface area (Å²) in [6.45, 7) is 7.03. The van der Waals surface area contributed by atoms with Crippen molar-refractivity contribution in [2.75, 3.05) is 25.5 Å². The molecule has 0 bridgehead atoms. The molecule has 2 aromatic rings. The van der Waals surface area contributed by atoms with Crippen LogP contribution in [-0.4, -0.2) is 37.2 Å². The monoisotopic (exact) mass is 410 g/mol. The lowest BCUT2D eigenvalue weighted by molar-refractivity contribution is -0.0504. The zero-order valence-corrected chi connectivity index (χ0v) is 17.7. The van der Waals surface area contributed by atoms with Gasteiger partial charge in [0.2, 0.25) is 0 Å². The number of nitrogens with one attached hydrogen (secondary N) is 1. The lowest BCUT2D eigenvalue weighted by Gasteiger charge is -2.28. The average Bonchev–Trinajstić information content (AvgIpc) is 2.68. The topological polar surface area (TPSA) is 32.3 Å². The minimum Gasteiger partial charge on any atom is -0.355 e. The summed E-state index contributed by atoms with van der Waals surface area (Å²) < 4.78 is 24.7. The lowest BCUT2D eigenvalue weighted by atomic mass is 10.1. The Kier molecular flexibility index (Phi) is 10.1. The van der Waals surface area contributed by atoms with Crippen molar-refractivity contribution in [2.24, 2.45) is 0 Å². The maximum Gasteiger partial charge on any atom is 0.250 e.